The fourth-order valence-electron chi connectivity index (χ4n) is 6.26. The maximum Gasteiger partial charge on any atom is 0.219 e. The molecule has 2 aromatic carbocycles. The number of likely N-dealkylation sites (N-methyl/N-ethyl adjacent to an activating group) is 1. The summed E-state index contributed by atoms with van der Waals surface area (Å²) in [7, 11) is 6.56. The van der Waals surface area contributed by atoms with E-state index in [9.17, 15) is 9.59 Å². The highest BCUT2D eigenvalue weighted by molar-refractivity contribution is 5.73. The lowest BCUT2D eigenvalue weighted by Crippen LogP contribution is -2.38. The van der Waals surface area contributed by atoms with Gasteiger partial charge in [-0.25, -0.2) is 0 Å². The molecule has 2 heterocycles. The van der Waals surface area contributed by atoms with E-state index in [-0.39, 0.29) is 11.3 Å². The number of benzene rings is 2. The van der Waals surface area contributed by atoms with Crippen molar-refractivity contribution >= 4 is 12.2 Å². The number of aryl methyl sites for hydroxylation is 1. The van der Waals surface area contributed by atoms with E-state index < -0.39 is 0 Å². The van der Waals surface area contributed by atoms with Gasteiger partial charge in [0.1, 0.15) is 6.29 Å². The number of aldehydes is 1. The normalized spacial score (nSPS) is 19.6. The Morgan fingerprint density at radius 1 is 1.00 bits per heavy atom. The van der Waals surface area contributed by atoms with Gasteiger partial charge in [0.25, 0.3) is 0 Å². The van der Waals surface area contributed by atoms with Gasteiger partial charge in [0.05, 0.1) is 12.7 Å². The van der Waals surface area contributed by atoms with Crippen LogP contribution in [0.5, 0.6) is 0 Å². The van der Waals surface area contributed by atoms with E-state index in [1.54, 1.807) is 6.92 Å². The highest BCUT2D eigenvalue weighted by atomic mass is 16.2. The summed E-state index contributed by atoms with van der Waals surface area (Å²) in [6.45, 7) is 13.6. The first-order valence-corrected chi connectivity index (χ1v) is 15.4. The minimum absolute atomic E-state index is 0.152. The van der Waals surface area contributed by atoms with Crippen LogP contribution in [0.15, 0.2) is 54.6 Å². The van der Waals surface area contributed by atoms with E-state index in [0.717, 1.165) is 58.4 Å². The second kappa shape index (κ2) is 15.6. The number of nitrogens with zero attached hydrogens (tertiary/aromatic N) is 4. The predicted molar refractivity (Wildman–Crippen MR) is 170 cm³/mol. The Hall–Kier alpha value is -2.54. The zero-order valence-corrected chi connectivity index (χ0v) is 26.7. The van der Waals surface area contributed by atoms with Gasteiger partial charge in [-0.05, 0) is 81.4 Å². The van der Waals surface area contributed by atoms with Crippen LogP contribution in [0.1, 0.15) is 76.1 Å². The summed E-state index contributed by atoms with van der Waals surface area (Å²) in [6.07, 6.45) is 5.96. The molecule has 0 N–H and O–H groups in total. The molecule has 2 fully saturated rings. The lowest BCUT2D eigenvalue weighted by Gasteiger charge is -2.32. The summed E-state index contributed by atoms with van der Waals surface area (Å²) in [4.78, 5) is 30.4. The maximum atomic E-state index is 10.9. The van der Waals surface area contributed by atoms with Crippen LogP contribution < -0.4 is 0 Å². The van der Waals surface area contributed by atoms with Gasteiger partial charge in [-0.15, -0.1) is 0 Å². The quantitative estimate of drug-likeness (QED) is 0.366. The predicted octanol–water partition coefficient (Wildman–Crippen LogP) is 5.72. The molecule has 41 heavy (non-hydrogen) atoms. The van der Waals surface area contributed by atoms with Crippen LogP contribution in [0.2, 0.25) is 0 Å². The minimum Gasteiger partial charge on any atom is -0.343 e. The number of carbonyl (C=O) groups excluding carboxylic acids is 2. The van der Waals surface area contributed by atoms with Crippen molar-refractivity contribution in [3.8, 4) is 0 Å². The molecule has 6 nitrogen and oxygen atoms in total. The largest absolute Gasteiger partial charge is 0.343 e. The molecule has 1 amide bonds. The fraction of sp³-hybridized carbons (Fsp3) is 0.600. The second-order valence-corrected chi connectivity index (χ2v) is 13.4. The maximum absolute atomic E-state index is 10.9. The number of carbonyl (C=O) groups is 2. The first kappa shape index (κ1) is 33.0. The summed E-state index contributed by atoms with van der Waals surface area (Å²) in [6, 6.07) is 21.3. The Labute approximate surface area is 249 Å². The molecule has 2 saturated heterocycles. The highest BCUT2D eigenvalue weighted by Crippen LogP contribution is 2.36. The number of amides is 1. The van der Waals surface area contributed by atoms with Crippen molar-refractivity contribution in [2.45, 2.75) is 71.9 Å². The Bertz CT molecular complexity index is 1060. The number of hydrogen-bond acceptors (Lipinski definition) is 5. The zero-order chi connectivity index (χ0) is 30.0. The topological polar surface area (TPSA) is 47.1 Å². The third-order valence-corrected chi connectivity index (χ3v) is 8.68. The van der Waals surface area contributed by atoms with Gasteiger partial charge in [-0.1, -0.05) is 75.4 Å². The van der Waals surface area contributed by atoms with Crippen molar-refractivity contribution in [2.75, 3.05) is 54.0 Å². The van der Waals surface area contributed by atoms with Crippen LogP contribution in [-0.2, 0) is 16.0 Å². The van der Waals surface area contributed by atoms with E-state index in [4.69, 9.17) is 0 Å². The number of piperidine rings is 1. The van der Waals surface area contributed by atoms with Crippen molar-refractivity contribution in [2.24, 2.45) is 11.3 Å². The lowest BCUT2D eigenvalue weighted by atomic mass is 9.86. The van der Waals surface area contributed by atoms with Crippen LogP contribution >= 0.6 is 0 Å². The van der Waals surface area contributed by atoms with Crippen LogP contribution in [0.3, 0.4) is 0 Å². The molecule has 2 atom stereocenters. The zero-order valence-electron chi connectivity index (χ0n) is 26.7. The van der Waals surface area contributed by atoms with Crippen molar-refractivity contribution in [1.29, 1.82) is 0 Å². The fourth-order valence-corrected chi connectivity index (χ4v) is 6.26. The monoisotopic (exact) mass is 562 g/mol. The molecule has 0 saturated carbocycles. The van der Waals surface area contributed by atoms with E-state index in [2.05, 4.69) is 111 Å². The molecule has 0 radical (unpaired) electrons. The molecular formula is C35H54N4O2. The Morgan fingerprint density at radius 2 is 1.61 bits per heavy atom. The van der Waals surface area contributed by atoms with E-state index >= 15 is 0 Å². The first-order chi connectivity index (χ1) is 19.5. The molecule has 226 valence electrons. The molecular weight excluding hydrogens is 508 g/mol. The molecule has 0 bridgehead atoms. The Morgan fingerprint density at radius 3 is 2.12 bits per heavy atom. The van der Waals surface area contributed by atoms with Crippen LogP contribution in [0.25, 0.3) is 0 Å². The summed E-state index contributed by atoms with van der Waals surface area (Å²) < 4.78 is 0. The van der Waals surface area contributed by atoms with E-state index in [1.165, 1.54) is 23.1 Å². The molecule has 2 unspecified atom stereocenters. The van der Waals surface area contributed by atoms with Gasteiger partial charge in [0, 0.05) is 39.0 Å². The molecule has 0 spiro atoms. The summed E-state index contributed by atoms with van der Waals surface area (Å²) in [5, 5.41) is 0. The average molecular weight is 563 g/mol. The Kier molecular flexibility index (Phi) is 12.6. The van der Waals surface area contributed by atoms with Gasteiger partial charge >= 0.3 is 0 Å². The molecule has 0 aliphatic carbocycles. The van der Waals surface area contributed by atoms with E-state index in [1.807, 2.05) is 4.90 Å². The van der Waals surface area contributed by atoms with Crippen LogP contribution in [0, 0.1) is 11.3 Å². The molecule has 0 aromatic heterocycles. The third kappa shape index (κ3) is 10.1. The second-order valence-electron chi connectivity index (χ2n) is 13.4. The number of likely N-dealkylation sites (tertiary alicyclic amines) is 1. The summed E-state index contributed by atoms with van der Waals surface area (Å²) >= 11 is 0. The van der Waals surface area contributed by atoms with Crippen LogP contribution in [0.4, 0.5) is 0 Å². The van der Waals surface area contributed by atoms with Crippen molar-refractivity contribution in [3.05, 3.63) is 71.3 Å². The molecule has 6 heteroatoms. The average Bonchev–Trinajstić information content (AvgIpc) is 3.32. The Balaban J connectivity index is 0.000000322. The number of rotatable bonds is 9. The van der Waals surface area contributed by atoms with Gasteiger partial charge in [0.2, 0.25) is 5.91 Å². The van der Waals surface area contributed by atoms with Crippen molar-refractivity contribution in [3.63, 3.8) is 0 Å². The SMILES string of the molecule is CC(=O)N1CCC(CC=O)CC1.CN(C)CCCc1ccc(C(c2ccccc2)N2CC(C(C)(C)C)N(C)C2)cc1. The first-order valence-electron chi connectivity index (χ1n) is 15.4. The molecule has 2 aliphatic rings. The van der Waals surface area contributed by atoms with Gasteiger partial charge in [-0.2, -0.15) is 0 Å². The molecule has 4 rings (SSSR count). The molecule has 2 aliphatic heterocycles. The standard InChI is InChI=1S/C26H39N3.C9H15NO2/c1-26(2,3)24-19-29(20-28(24)6)25(22-12-8-7-9-13-22)23-16-14-21(15-17-23)11-10-18-27(4)5;1-8(12)10-5-2-9(3-6-10)4-7-11/h7-9,12-17,24-25H,10-11,18-20H2,1-6H3;7,9H,2-6H2,1H3. The van der Waals surface area contributed by atoms with Crippen molar-refractivity contribution < 1.29 is 9.59 Å². The number of hydrogen-bond donors (Lipinski definition) is 0. The van der Waals surface area contributed by atoms with Crippen LogP contribution in [-0.4, -0.2) is 91.8 Å². The van der Waals surface area contributed by atoms with Crippen molar-refractivity contribution in [1.82, 2.24) is 19.6 Å². The van der Waals surface area contributed by atoms with Gasteiger partial charge < -0.3 is 14.6 Å². The minimum atomic E-state index is 0.152. The molecule has 2 aromatic rings. The third-order valence-electron chi connectivity index (χ3n) is 8.68. The van der Waals surface area contributed by atoms with Gasteiger partial charge in [-0.3, -0.25) is 14.6 Å². The summed E-state index contributed by atoms with van der Waals surface area (Å²) in [5.41, 5.74) is 4.50. The van der Waals surface area contributed by atoms with Gasteiger partial charge in [0.15, 0.2) is 0 Å². The lowest BCUT2D eigenvalue weighted by molar-refractivity contribution is -0.130. The smallest absolute Gasteiger partial charge is 0.219 e. The van der Waals surface area contributed by atoms with E-state index in [0.29, 0.717) is 24.4 Å². The summed E-state index contributed by atoms with van der Waals surface area (Å²) in [5.74, 6) is 0.664. The highest BCUT2D eigenvalue weighted by Gasteiger charge is 2.39.